The second-order valence-corrected chi connectivity index (χ2v) is 7.17. The van der Waals surface area contributed by atoms with Gasteiger partial charge in [-0.05, 0) is 42.3 Å². The molecule has 3 aromatic rings. The van der Waals surface area contributed by atoms with Crippen LogP contribution in [0.15, 0.2) is 54.7 Å². The summed E-state index contributed by atoms with van der Waals surface area (Å²) < 4.78 is 1.52. The van der Waals surface area contributed by atoms with Crippen molar-refractivity contribution in [1.29, 1.82) is 0 Å². The molecule has 0 fully saturated rings. The van der Waals surface area contributed by atoms with Gasteiger partial charge in [0.1, 0.15) is 0 Å². The molecule has 0 bridgehead atoms. The lowest BCUT2D eigenvalue weighted by Gasteiger charge is -2.17. The van der Waals surface area contributed by atoms with Gasteiger partial charge in [0.2, 0.25) is 5.91 Å². The maximum absolute atomic E-state index is 12.5. The molecule has 2 heterocycles. The summed E-state index contributed by atoms with van der Waals surface area (Å²) in [6.07, 6.45) is 2.47. The molecule has 0 spiro atoms. The van der Waals surface area contributed by atoms with Crippen LogP contribution in [-0.2, 0) is 11.2 Å². The van der Waals surface area contributed by atoms with E-state index >= 15 is 0 Å². The highest BCUT2D eigenvalue weighted by Gasteiger charge is 2.24. The van der Waals surface area contributed by atoms with Gasteiger partial charge in [0, 0.05) is 18.4 Å². The number of hydrogen-bond acceptors (Lipinski definition) is 3. The first-order chi connectivity index (χ1) is 13.5. The average molecular weight is 415 g/mol. The van der Waals surface area contributed by atoms with E-state index in [-0.39, 0.29) is 18.1 Å². The second-order valence-electron chi connectivity index (χ2n) is 6.35. The lowest BCUT2D eigenvalue weighted by Crippen LogP contribution is -2.39. The van der Waals surface area contributed by atoms with Crippen LogP contribution in [0.3, 0.4) is 0 Å². The monoisotopic (exact) mass is 414 g/mol. The molecule has 1 aromatic heterocycles. The highest BCUT2D eigenvalue weighted by atomic mass is 35.5. The van der Waals surface area contributed by atoms with Crippen LogP contribution < -0.4 is 10.2 Å². The fourth-order valence-corrected chi connectivity index (χ4v) is 3.45. The number of nitrogens with zero attached hydrogens (tertiary/aromatic N) is 3. The summed E-state index contributed by atoms with van der Waals surface area (Å²) in [6, 6.07) is 14.4. The second kappa shape index (κ2) is 7.66. The zero-order valence-electron chi connectivity index (χ0n) is 14.7. The van der Waals surface area contributed by atoms with Gasteiger partial charge in [-0.1, -0.05) is 41.4 Å². The molecule has 2 aromatic carbocycles. The van der Waals surface area contributed by atoms with Gasteiger partial charge in [0.25, 0.3) is 5.91 Å². The largest absolute Gasteiger partial charge is 0.342 e. The summed E-state index contributed by atoms with van der Waals surface area (Å²) in [5.74, 6) is -0.568. The van der Waals surface area contributed by atoms with E-state index in [2.05, 4.69) is 10.4 Å². The van der Waals surface area contributed by atoms with Crippen LogP contribution >= 0.6 is 23.2 Å². The quantitative estimate of drug-likeness (QED) is 0.710. The molecule has 0 saturated carbocycles. The molecule has 0 saturated heterocycles. The Bertz CT molecular complexity index is 1060. The first kappa shape index (κ1) is 18.5. The van der Waals surface area contributed by atoms with Gasteiger partial charge in [-0.2, -0.15) is 5.10 Å². The standard InChI is InChI=1S/C20H16Cl2N4O2/c21-15-6-5-14(11-16(15)22)26-10-8-17(24-26)20(28)23-12-19(27)25-9-7-13-3-1-2-4-18(13)25/h1-6,8,10-11H,7,9,12H2,(H,23,28). The summed E-state index contributed by atoms with van der Waals surface area (Å²) in [4.78, 5) is 26.6. The maximum atomic E-state index is 12.5. The number of nitrogens with one attached hydrogen (secondary N) is 1. The van der Waals surface area contributed by atoms with Crippen LogP contribution in [0.2, 0.25) is 10.0 Å². The molecule has 4 rings (SSSR count). The predicted molar refractivity (Wildman–Crippen MR) is 108 cm³/mol. The first-order valence-corrected chi connectivity index (χ1v) is 9.46. The summed E-state index contributed by atoms with van der Waals surface area (Å²) in [5, 5.41) is 7.72. The number of benzene rings is 2. The van der Waals surface area contributed by atoms with E-state index in [0.717, 1.165) is 17.7 Å². The van der Waals surface area contributed by atoms with Gasteiger partial charge in [0.05, 0.1) is 22.3 Å². The Morgan fingerprint density at radius 2 is 1.89 bits per heavy atom. The molecule has 0 aliphatic carbocycles. The molecule has 0 radical (unpaired) electrons. The molecule has 2 amide bonds. The van der Waals surface area contributed by atoms with Crippen molar-refractivity contribution in [2.45, 2.75) is 6.42 Å². The topological polar surface area (TPSA) is 67.2 Å². The van der Waals surface area contributed by atoms with Crippen LogP contribution in [0.25, 0.3) is 5.69 Å². The van der Waals surface area contributed by atoms with E-state index in [0.29, 0.717) is 22.3 Å². The number of anilines is 1. The third-order valence-corrected chi connectivity index (χ3v) is 5.32. The van der Waals surface area contributed by atoms with Crippen molar-refractivity contribution in [1.82, 2.24) is 15.1 Å². The molecular weight excluding hydrogens is 399 g/mol. The molecule has 6 nitrogen and oxygen atoms in total. The van der Waals surface area contributed by atoms with E-state index in [1.54, 1.807) is 35.4 Å². The van der Waals surface area contributed by atoms with Gasteiger partial charge in [-0.25, -0.2) is 4.68 Å². The number of hydrogen-bond donors (Lipinski definition) is 1. The lowest BCUT2D eigenvalue weighted by molar-refractivity contribution is -0.117. The summed E-state index contributed by atoms with van der Waals surface area (Å²) in [5.41, 5.74) is 2.94. The molecule has 142 valence electrons. The van der Waals surface area contributed by atoms with Gasteiger partial charge in [-0.3, -0.25) is 9.59 Å². The van der Waals surface area contributed by atoms with Crippen LogP contribution in [0.1, 0.15) is 16.1 Å². The van der Waals surface area contributed by atoms with Crippen LogP contribution in [0.4, 0.5) is 5.69 Å². The fraction of sp³-hybridized carbons (Fsp3) is 0.150. The molecule has 1 N–H and O–H groups in total. The highest BCUT2D eigenvalue weighted by molar-refractivity contribution is 6.42. The Hall–Kier alpha value is -2.83. The van der Waals surface area contributed by atoms with Gasteiger partial charge >= 0.3 is 0 Å². The van der Waals surface area contributed by atoms with Crippen LogP contribution in [0.5, 0.6) is 0 Å². The van der Waals surface area contributed by atoms with Crippen molar-refractivity contribution >= 4 is 40.7 Å². The summed E-state index contributed by atoms with van der Waals surface area (Å²) in [6.45, 7) is 0.535. The number of rotatable bonds is 4. The predicted octanol–water partition coefficient (Wildman–Crippen LogP) is 3.50. The number of amides is 2. The Morgan fingerprint density at radius 1 is 1.07 bits per heavy atom. The number of halogens is 2. The van der Waals surface area contributed by atoms with E-state index in [9.17, 15) is 9.59 Å². The zero-order chi connectivity index (χ0) is 19.7. The van der Waals surface area contributed by atoms with Crippen molar-refractivity contribution in [3.8, 4) is 5.69 Å². The highest BCUT2D eigenvalue weighted by Crippen LogP contribution is 2.27. The molecule has 8 heteroatoms. The van der Waals surface area contributed by atoms with Crippen molar-refractivity contribution in [2.75, 3.05) is 18.0 Å². The number of carbonyl (C=O) groups is 2. The van der Waals surface area contributed by atoms with Crippen molar-refractivity contribution in [3.05, 3.63) is 76.0 Å². The number of fused-ring (bicyclic) bond motifs is 1. The minimum Gasteiger partial charge on any atom is -0.342 e. The Morgan fingerprint density at radius 3 is 2.71 bits per heavy atom. The first-order valence-electron chi connectivity index (χ1n) is 8.70. The Kier molecular flexibility index (Phi) is 5.07. The third kappa shape index (κ3) is 3.61. The normalized spacial score (nSPS) is 12.7. The molecule has 1 aliphatic heterocycles. The number of aromatic nitrogens is 2. The van der Waals surface area contributed by atoms with Crippen molar-refractivity contribution in [3.63, 3.8) is 0 Å². The van der Waals surface area contributed by atoms with Crippen LogP contribution in [-0.4, -0.2) is 34.7 Å². The smallest absolute Gasteiger partial charge is 0.272 e. The van der Waals surface area contributed by atoms with E-state index < -0.39 is 5.91 Å². The van der Waals surface area contributed by atoms with Gasteiger partial charge in [0.15, 0.2) is 5.69 Å². The van der Waals surface area contributed by atoms with E-state index in [1.165, 1.54) is 4.68 Å². The van der Waals surface area contributed by atoms with E-state index in [1.807, 2.05) is 24.3 Å². The molecule has 28 heavy (non-hydrogen) atoms. The fourth-order valence-electron chi connectivity index (χ4n) is 3.16. The Balaban J connectivity index is 1.40. The maximum Gasteiger partial charge on any atom is 0.272 e. The van der Waals surface area contributed by atoms with Crippen molar-refractivity contribution in [2.24, 2.45) is 0 Å². The molecule has 0 unspecified atom stereocenters. The zero-order valence-corrected chi connectivity index (χ0v) is 16.2. The van der Waals surface area contributed by atoms with E-state index in [4.69, 9.17) is 23.2 Å². The number of carbonyl (C=O) groups excluding carboxylic acids is 2. The molecule has 1 aliphatic rings. The average Bonchev–Trinajstić information content (AvgIpc) is 3.35. The van der Waals surface area contributed by atoms with Crippen molar-refractivity contribution < 1.29 is 9.59 Å². The molecule has 0 atom stereocenters. The number of para-hydroxylation sites is 1. The SMILES string of the molecule is O=C(NCC(=O)N1CCc2ccccc21)c1ccn(-c2ccc(Cl)c(Cl)c2)n1. The van der Waals surface area contributed by atoms with Gasteiger partial charge < -0.3 is 10.2 Å². The summed E-state index contributed by atoms with van der Waals surface area (Å²) in [7, 11) is 0. The summed E-state index contributed by atoms with van der Waals surface area (Å²) >= 11 is 11.9. The Labute approximate surface area is 171 Å². The molecular formula is C20H16Cl2N4O2. The third-order valence-electron chi connectivity index (χ3n) is 4.58. The van der Waals surface area contributed by atoms with Gasteiger partial charge in [-0.15, -0.1) is 0 Å². The lowest BCUT2D eigenvalue weighted by atomic mass is 10.2. The minimum absolute atomic E-state index is 0.0905. The minimum atomic E-state index is -0.417. The van der Waals surface area contributed by atoms with Crippen LogP contribution in [0, 0.1) is 0 Å².